The van der Waals surface area contributed by atoms with Crippen LogP contribution in [0, 0.1) is 18.2 Å². The minimum absolute atomic E-state index is 0.106. The Morgan fingerprint density at radius 2 is 1.92 bits per heavy atom. The molecule has 134 valence electrons. The average Bonchev–Trinajstić information content (AvgIpc) is 2.88. The first-order valence-corrected chi connectivity index (χ1v) is 9.33. The van der Waals surface area contributed by atoms with E-state index in [0.29, 0.717) is 19.9 Å². The van der Waals surface area contributed by atoms with Gasteiger partial charge in [-0.25, -0.2) is 4.39 Å². The summed E-state index contributed by atoms with van der Waals surface area (Å²) in [6, 6.07) is 6.50. The van der Waals surface area contributed by atoms with Crippen molar-refractivity contribution in [1.29, 1.82) is 0 Å². The van der Waals surface area contributed by atoms with Crippen LogP contribution >= 0.6 is 27.3 Å². The van der Waals surface area contributed by atoms with Crippen molar-refractivity contribution >= 4 is 44.1 Å². The number of nitrogens with one attached hydrogen (secondary N) is 2. The van der Waals surface area contributed by atoms with E-state index in [1.807, 2.05) is 27.7 Å². The van der Waals surface area contributed by atoms with Gasteiger partial charge >= 0.3 is 0 Å². The molecule has 0 atom stereocenters. The fourth-order valence-electron chi connectivity index (χ4n) is 1.98. The summed E-state index contributed by atoms with van der Waals surface area (Å²) in [7, 11) is 0. The van der Waals surface area contributed by atoms with Crippen molar-refractivity contribution < 1.29 is 14.0 Å². The summed E-state index contributed by atoms with van der Waals surface area (Å²) in [5, 5.41) is 6.24. The van der Waals surface area contributed by atoms with Gasteiger partial charge in [0.15, 0.2) is 0 Å². The summed E-state index contributed by atoms with van der Waals surface area (Å²) in [5.74, 6) is -0.723. The van der Waals surface area contributed by atoms with E-state index >= 15 is 0 Å². The summed E-state index contributed by atoms with van der Waals surface area (Å²) in [6.45, 7) is 7.52. The van der Waals surface area contributed by atoms with Crippen LogP contribution in [0.4, 0.5) is 9.39 Å². The van der Waals surface area contributed by atoms with E-state index in [2.05, 4.69) is 26.6 Å². The molecule has 0 bridgehead atoms. The number of rotatable bonds is 4. The summed E-state index contributed by atoms with van der Waals surface area (Å²) < 4.78 is 13.9. The van der Waals surface area contributed by atoms with E-state index in [4.69, 9.17) is 0 Å². The van der Waals surface area contributed by atoms with E-state index in [1.165, 1.54) is 17.4 Å². The van der Waals surface area contributed by atoms with Gasteiger partial charge in [-0.2, -0.15) is 0 Å². The second kappa shape index (κ2) is 7.66. The van der Waals surface area contributed by atoms with E-state index in [9.17, 15) is 14.0 Å². The molecular formula is C18H20BrFN2O2S. The van der Waals surface area contributed by atoms with Gasteiger partial charge in [0.25, 0.3) is 5.91 Å². The number of amides is 2. The molecule has 0 saturated heterocycles. The van der Waals surface area contributed by atoms with E-state index in [-0.39, 0.29) is 24.2 Å². The number of carbonyl (C=O) groups is 2. The van der Waals surface area contributed by atoms with Gasteiger partial charge in [0.2, 0.25) is 5.91 Å². The molecule has 2 amide bonds. The summed E-state index contributed by atoms with van der Waals surface area (Å²) in [4.78, 5) is 24.9. The highest BCUT2D eigenvalue weighted by Gasteiger charge is 2.23. The molecule has 0 fully saturated rings. The maximum Gasteiger partial charge on any atom is 0.261 e. The van der Waals surface area contributed by atoms with Gasteiger partial charge in [-0.1, -0.05) is 26.8 Å². The SMILES string of the molecule is Cc1cc(NC(=O)C(C)(C)C)sc1C(=O)NCc1ccc(Br)c(F)c1. The first kappa shape index (κ1) is 19.6. The third-order valence-corrected chi connectivity index (χ3v) is 5.27. The quantitative estimate of drug-likeness (QED) is 0.731. The minimum atomic E-state index is -0.508. The van der Waals surface area contributed by atoms with Crippen LogP contribution in [0.3, 0.4) is 0 Å². The molecule has 0 spiro atoms. The molecule has 1 aromatic carbocycles. The van der Waals surface area contributed by atoms with Crippen molar-refractivity contribution in [2.24, 2.45) is 5.41 Å². The van der Waals surface area contributed by atoms with Crippen molar-refractivity contribution in [3.63, 3.8) is 0 Å². The van der Waals surface area contributed by atoms with Crippen molar-refractivity contribution in [2.45, 2.75) is 34.2 Å². The number of thiophene rings is 1. The van der Waals surface area contributed by atoms with Crippen LogP contribution in [0.15, 0.2) is 28.7 Å². The zero-order chi connectivity index (χ0) is 18.8. The number of anilines is 1. The molecule has 7 heteroatoms. The number of hydrogen-bond donors (Lipinski definition) is 2. The second-order valence-corrected chi connectivity index (χ2v) is 8.66. The molecule has 2 N–H and O–H groups in total. The molecule has 2 rings (SSSR count). The molecular weight excluding hydrogens is 407 g/mol. The van der Waals surface area contributed by atoms with Crippen LogP contribution in [0.1, 0.15) is 41.6 Å². The molecule has 0 aliphatic heterocycles. The van der Waals surface area contributed by atoms with E-state index in [1.54, 1.807) is 18.2 Å². The average molecular weight is 427 g/mol. The minimum Gasteiger partial charge on any atom is -0.347 e. The Morgan fingerprint density at radius 1 is 1.24 bits per heavy atom. The Kier molecular flexibility index (Phi) is 6.00. The number of benzene rings is 1. The fraction of sp³-hybridized carbons (Fsp3) is 0.333. The largest absolute Gasteiger partial charge is 0.347 e. The third kappa shape index (κ3) is 5.12. The first-order chi connectivity index (χ1) is 11.6. The van der Waals surface area contributed by atoms with Crippen LogP contribution in [0.25, 0.3) is 0 Å². The lowest BCUT2D eigenvalue weighted by atomic mass is 9.96. The van der Waals surface area contributed by atoms with Gasteiger partial charge < -0.3 is 10.6 Å². The fourth-order valence-corrected chi connectivity index (χ4v) is 3.21. The monoisotopic (exact) mass is 426 g/mol. The lowest BCUT2D eigenvalue weighted by molar-refractivity contribution is -0.123. The van der Waals surface area contributed by atoms with Gasteiger partial charge in [0, 0.05) is 12.0 Å². The second-order valence-electron chi connectivity index (χ2n) is 6.76. The zero-order valence-corrected chi connectivity index (χ0v) is 16.9. The molecule has 1 heterocycles. The number of carbonyl (C=O) groups excluding carboxylic acids is 2. The number of aryl methyl sites for hydroxylation is 1. The Balaban J connectivity index is 2.04. The molecule has 0 aliphatic carbocycles. The van der Waals surface area contributed by atoms with Gasteiger partial charge in [0.05, 0.1) is 14.4 Å². The lowest BCUT2D eigenvalue weighted by Crippen LogP contribution is -2.27. The molecule has 0 radical (unpaired) electrons. The molecule has 2 aromatic rings. The van der Waals surface area contributed by atoms with E-state index < -0.39 is 5.41 Å². The Bertz CT molecular complexity index is 812. The Morgan fingerprint density at radius 3 is 2.52 bits per heavy atom. The zero-order valence-electron chi connectivity index (χ0n) is 14.5. The molecule has 0 saturated carbocycles. The van der Waals surface area contributed by atoms with Gasteiger partial charge in [0.1, 0.15) is 5.82 Å². The smallest absolute Gasteiger partial charge is 0.261 e. The van der Waals surface area contributed by atoms with Crippen molar-refractivity contribution in [3.8, 4) is 0 Å². The first-order valence-electron chi connectivity index (χ1n) is 7.72. The van der Waals surface area contributed by atoms with Gasteiger partial charge in [-0.05, 0) is 52.2 Å². The van der Waals surface area contributed by atoms with Crippen LogP contribution in [0.2, 0.25) is 0 Å². The lowest BCUT2D eigenvalue weighted by Gasteiger charge is -2.16. The normalized spacial score (nSPS) is 11.3. The Labute approximate surface area is 159 Å². The molecule has 4 nitrogen and oxygen atoms in total. The number of hydrogen-bond acceptors (Lipinski definition) is 3. The van der Waals surface area contributed by atoms with Crippen LogP contribution in [-0.2, 0) is 11.3 Å². The van der Waals surface area contributed by atoms with Crippen molar-refractivity contribution in [2.75, 3.05) is 5.32 Å². The standard InChI is InChI=1S/C18H20BrFN2O2S/c1-10-7-14(22-17(24)18(2,3)4)25-15(10)16(23)21-9-11-5-6-12(19)13(20)8-11/h5-8H,9H2,1-4H3,(H,21,23)(H,22,24). The van der Waals surface area contributed by atoms with Crippen LogP contribution < -0.4 is 10.6 Å². The summed E-state index contributed by atoms with van der Waals surface area (Å²) in [6.07, 6.45) is 0. The predicted molar refractivity (Wildman–Crippen MR) is 102 cm³/mol. The molecule has 25 heavy (non-hydrogen) atoms. The topological polar surface area (TPSA) is 58.2 Å². The summed E-state index contributed by atoms with van der Waals surface area (Å²) >= 11 is 4.32. The highest BCUT2D eigenvalue weighted by molar-refractivity contribution is 9.10. The molecule has 0 aliphatic rings. The summed E-state index contributed by atoms with van der Waals surface area (Å²) in [5.41, 5.74) is 0.949. The van der Waals surface area contributed by atoms with Crippen LogP contribution in [0.5, 0.6) is 0 Å². The third-order valence-electron chi connectivity index (χ3n) is 3.48. The molecule has 1 aromatic heterocycles. The van der Waals surface area contributed by atoms with Crippen molar-refractivity contribution in [1.82, 2.24) is 5.32 Å². The van der Waals surface area contributed by atoms with Gasteiger partial charge in [-0.3, -0.25) is 9.59 Å². The van der Waals surface area contributed by atoms with E-state index in [0.717, 1.165) is 5.56 Å². The maximum atomic E-state index is 13.5. The number of halogens is 2. The van der Waals surface area contributed by atoms with Gasteiger partial charge in [-0.15, -0.1) is 11.3 Å². The molecule has 0 unspecified atom stereocenters. The highest BCUT2D eigenvalue weighted by Crippen LogP contribution is 2.28. The van der Waals surface area contributed by atoms with Crippen molar-refractivity contribution in [3.05, 3.63) is 50.6 Å². The highest BCUT2D eigenvalue weighted by atomic mass is 79.9. The predicted octanol–water partition coefficient (Wildman–Crippen LogP) is 4.87. The van der Waals surface area contributed by atoms with Crippen LogP contribution in [-0.4, -0.2) is 11.8 Å². The maximum absolute atomic E-state index is 13.5. The Hall–Kier alpha value is -1.73.